The van der Waals surface area contributed by atoms with Crippen LogP contribution in [0.1, 0.15) is 32.1 Å². The van der Waals surface area contributed by atoms with Crippen LogP contribution in [0, 0.1) is 5.82 Å². The van der Waals surface area contributed by atoms with E-state index in [4.69, 9.17) is 21.1 Å². The van der Waals surface area contributed by atoms with Gasteiger partial charge in [0.15, 0.2) is 11.0 Å². The van der Waals surface area contributed by atoms with Crippen LogP contribution in [0.3, 0.4) is 0 Å². The highest BCUT2D eigenvalue weighted by molar-refractivity contribution is 6.30. The standard InChI is InChI=1S/C21H24ClF2N5O2/c22-18-16(24)17-13(9-25-18)19(29-5-2-6-30-15-7-14(15)29)27-20(26-17)31-11-21-3-1-4-28(21)10-12(23)8-21/h9,12,14-15H,1-8,10-11H2/t12-,14-,15+,21?/m1/s1. The molecule has 0 bridgehead atoms. The number of hydrogen-bond donors (Lipinski definition) is 0. The third-order valence-corrected chi connectivity index (χ3v) is 7.34. The van der Waals surface area contributed by atoms with E-state index in [0.717, 1.165) is 38.8 Å². The van der Waals surface area contributed by atoms with Crippen molar-refractivity contribution in [2.75, 3.05) is 37.7 Å². The van der Waals surface area contributed by atoms with E-state index in [-0.39, 0.29) is 41.0 Å². The molecule has 31 heavy (non-hydrogen) atoms. The minimum atomic E-state index is -0.844. The van der Waals surface area contributed by atoms with Crippen LogP contribution in [0.2, 0.25) is 5.15 Å². The number of hydrogen-bond acceptors (Lipinski definition) is 7. The Morgan fingerprint density at radius 1 is 1.29 bits per heavy atom. The first-order valence-electron chi connectivity index (χ1n) is 11.0. The normalized spacial score (nSPS) is 32.7. The summed E-state index contributed by atoms with van der Waals surface area (Å²) in [6.07, 6.45) is 4.97. The average Bonchev–Trinajstić information content (AvgIpc) is 3.36. The van der Waals surface area contributed by atoms with E-state index in [1.807, 2.05) is 0 Å². The molecule has 3 saturated heterocycles. The average molecular weight is 452 g/mol. The van der Waals surface area contributed by atoms with Gasteiger partial charge < -0.3 is 14.4 Å². The molecular formula is C21H24ClF2N5O2. The fourth-order valence-electron chi connectivity index (χ4n) is 5.50. The van der Waals surface area contributed by atoms with E-state index in [2.05, 4.69) is 24.8 Å². The van der Waals surface area contributed by atoms with Gasteiger partial charge in [-0.1, -0.05) is 11.6 Å². The van der Waals surface area contributed by atoms with Gasteiger partial charge in [-0.25, -0.2) is 13.8 Å². The minimum absolute atomic E-state index is 0.0922. The van der Waals surface area contributed by atoms with Crippen molar-refractivity contribution in [2.24, 2.45) is 0 Å². The molecule has 0 N–H and O–H groups in total. The number of halogens is 3. The minimum Gasteiger partial charge on any atom is -0.461 e. The van der Waals surface area contributed by atoms with Crippen LogP contribution in [0.15, 0.2) is 6.20 Å². The SMILES string of the molecule is Fc1c(Cl)ncc2c(N3CCCO[C@H]4C[C@H]43)nc(OCC34CCCN3C[C@H](F)C4)nc12. The largest absolute Gasteiger partial charge is 0.461 e. The van der Waals surface area contributed by atoms with Gasteiger partial charge >= 0.3 is 6.01 Å². The summed E-state index contributed by atoms with van der Waals surface area (Å²) >= 11 is 5.94. The molecule has 1 unspecified atom stereocenters. The van der Waals surface area contributed by atoms with Crippen LogP contribution >= 0.6 is 11.6 Å². The summed E-state index contributed by atoms with van der Waals surface area (Å²) in [6, 6.07) is 0.299. The molecule has 4 atom stereocenters. The summed E-state index contributed by atoms with van der Waals surface area (Å²) in [5.74, 6) is -0.0898. The van der Waals surface area contributed by atoms with Crippen molar-refractivity contribution in [3.8, 4) is 6.01 Å². The summed E-state index contributed by atoms with van der Waals surface area (Å²) in [6.45, 7) is 3.05. The first-order chi connectivity index (χ1) is 15.0. The molecule has 0 amide bonds. The van der Waals surface area contributed by atoms with Crippen LogP contribution in [0.4, 0.5) is 14.6 Å². The third kappa shape index (κ3) is 3.32. The lowest BCUT2D eigenvalue weighted by Gasteiger charge is -2.31. The second-order valence-corrected chi connectivity index (χ2v) is 9.44. The number of fused-ring (bicyclic) bond motifs is 3. The Labute approximate surface area is 183 Å². The molecule has 6 rings (SSSR count). The molecule has 4 aliphatic rings. The zero-order valence-corrected chi connectivity index (χ0v) is 17.8. The zero-order valence-electron chi connectivity index (χ0n) is 17.1. The van der Waals surface area contributed by atoms with E-state index >= 15 is 0 Å². The Kier molecular flexibility index (Phi) is 4.70. The predicted molar refractivity (Wildman–Crippen MR) is 111 cm³/mol. The molecule has 0 aromatic carbocycles. The smallest absolute Gasteiger partial charge is 0.319 e. The maximum atomic E-state index is 14.9. The van der Waals surface area contributed by atoms with E-state index in [0.29, 0.717) is 30.8 Å². The van der Waals surface area contributed by atoms with E-state index in [9.17, 15) is 8.78 Å². The second kappa shape index (κ2) is 7.35. The first-order valence-corrected chi connectivity index (χ1v) is 11.3. The number of anilines is 1. The maximum Gasteiger partial charge on any atom is 0.319 e. The molecule has 7 nitrogen and oxygen atoms in total. The Hall–Kier alpha value is -1.84. The lowest BCUT2D eigenvalue weighted by atomic mass is 9.95. The van der Waals surface area contributed by atoms with E-state index in [1.54, 1.807) is 0 Å². The lowest BCUT2D eigenvalue weighted by molar-refractivity contribution is 0.107. The summed E-state index contributed by atoms with van der Waals surface area (Å²) < 4.78 is 40.8. The first kappa shape index (κ1) is 19.8. The molecule has 0 spiro atoms. The molecule has 2 aromatic heterocycles. The quantitative estimate of drug-likeness (QED) is 0.662. The molecular weight excluding hydrogens is 428 g/mol. The van der Waals surface area contributed by atoms with Gasteiger partial charge in [-0.15, -0.1) is 0 Å². The topological polar surface area (TPSA) is 63.6 Å². The van der Waals surface area contributed by atoms with Gasteiger partial charge in [0, 0.05) is 32.3 Å². The number of alkyl halides is 1. The predicted octanol–water partition coefficient (Wildman–Crippen LogP) is 3.14. The maximum absolute atomic E-state index is 14.9. The van der Waals surface area contributed by atoms with E-state index in [1.165, 1.54) is 6.20 Å². The summed E-state index contributed by atoms with van der Waals surface area (Å²) in [7, 11) is 0. The van der Waals surface area contributed by atoms with Gasteiger partial charge in [0.2, 0.25) is 0 Å². The monoisotopic (exact) mass is 451 g/mol. The Morgan fingerprint density at radius 3 is 3.10 bits per heavy atom. The molecule has 3 aliphatic heterocycles. The van der Waals surface area contributed by atoms with Crippen LogP contribution in [0.5, 0.6) is 6.01 Å². The van der Waals surface area contributed by atoms with Gasteiger partial charge in [0.05, 0.1) is 23.1 Å². The van der Waals surface area contributed by atoms with Crippen molar-refractivity contribution in [3.63, 3.8) is 0 Å². The van der Waals surface area contributed by atoms with Gasteiger partial charge in [-0.05, 0) is 32.2 Å². The molecule has 166 valence electrons. The van der Waals surface area contributed by atoms with E-state index < -0.39 is 12.0 Å². The summed E-state index contributed by atoms with van der Waals surface area (Å²) in [5, 5.41) is 0.273. The Bertz CT molecular complexity index is 1030. The second-order valence-electron chi connectivity index (χ2n) is 9.08. The van der Waals surface area contributed by atoms with Crippen LogP contribution in [-0.2, 0) is 4.74 Å². The van der Waals surface area contributed by atoms with Crippen molar-refractivity contribution in [1.82, 2.24) is 19.9 Å². The Balaban J connectivity index is 1.37. The van der Waals surface area contributed by atoms with Crippen LogP contribution in [0.25, 0.3) is 10.9 Å². The summed E-state index contributed by atoms with van der Waals surface area (Å²) in [4.78, 5) is 17.3. The van der Waals surface area contributed by atoms with Gasteiger partial charge in [-0.2, -0.15) is 9.97 Å². The van der Waals surface area contributed by atoms with Crippen molar-refractivity contribution < 1.29 is 18.3 Å². The van der Waals surface area contributed by atoms with Crippen molar-refractivity contribution >= 4 is 28.3 Å². The highest BCUT2D eigenvalue weighted by Crippen LogP contribution is 2.42. The zero-order chi connectivity index (χ0) is 21.2. The Morgan fingerprint density at radius 2 is 2.19 bits per heavy atom. The number of pyridine rings is 1. The molecule has 2 aromatic rings. The van der Waals surface area contributed by atoms with Crippen LogP contribution < -0.4 is 9.64 Å². The number of ether oxygens (including phenoxy) is 2. The van der Waals surface area contributed by atoms with Crippen molar-refractivity contribution in [1.29, 1.82) is 0 Å². The summed E-state index contributed by atoms with van der Waals surface area (Å²) in [5.41, 5.74) is -0.234. The van der Waals surface area contributed by atoms with Gasteiger partial charge in [0.1, 0.15) is 24.1 Å². The highest BCUT2D eigenvalue weighted by atomic mass is 35.5. The highest BCUT2D eigenvalue weighted by Gasteiger charge is 2.49. The number of aromatic nitrogens is 3. The van der Waals surface area contributed by atoms with Gasteiger partial charge in [0.25, 0.3) is 0 Å². The third-order valence-electron chi connectivity index (χ3n) is 7.08. The molecule has 5 heterocycles. The molecule has 1 saturated carbocycles. The lowest BCUT2D eigenvalue weighted by Crippen LogP contribution is -2.43. The number of nitrogens with zero attached hydrogens (tertiary/aromatic N) is 5. The van der Waals surface area contributed by atoms with Gasteiger partial charge in [-0.3, -0.25) is 4.90 Å². The molecule has 4 fully saturated rings. The fourth-order valence-corrected chi connectivity index (χ4v) is 5.63. The number of rotatable bonds is 4. The van der Waals surface area contributed by atoms with Crippen molar-refractivity contribution in [3.05, 3.63) is 17.2 Å². The van der Waals surface area contributed by atoms with Crippen molar-refractivity contribution in [2.45, 2.75) is 56.0 Å². The molecule has 1 aliphatic carbocycles. The molecule has 0 radical (unpaired) electrons. The van der Waals surface area contributed by atoms with Crippen LogP contribution in [-0.4, -0.2) is 76.6 Å². The fraction of sp³-hybridized carbons (Fsp3) is 0.667. The molecule has 10 heteroatoms.